The van der Waals surface area contributed by atoms with Gasteiger partial charge in [-0.05, 0) is 78.9 Å². The van der Waals surface area contributed by atoms with Crippen molar-refractivity contribution in [3.05, 3.63) is 200 Å². The highest BCUT2D eigenvalue weighted by Gasteiger charge is 2.26. The standard InChI is InChI=1S/2C23H15Cl2FN4O2S/c24-16-11-9-15(10-12-16)23-17(13-27)20(29-30(23)21-7-3-1-5-18(21)25)14-28-33(31,32)22-8-4-2-6-19(22)26;24-16-10-8-15(9-11-16)23-19(13-27)21(29-30(23)22-7-2-1-6-20(22)25)14-28-33(31,32)18-5-3-4-17(26)12-18/h2*1-12,28H,14H2. The van der Waals surface area contributed by atoms with Gasteiger partial charge in [-0.25, -0.2) is 44.4 Å². The molecule has 66 heavy (non-hydrogen) atoms. The number of aromatic nitrogens is 4. The summed E-state index contributed by atoms with van der Waals surface area (Å²) in [7, 11) is -8.23. The van der Waals surface area contributed by atoms with E-state index in [1.54, 1.807) is 97.1 Å². The number of nitriles is 2. The number of sulfonamides is 2. The van der Waals surface area contributed by atoms with Crippen LogP contribution in [0.5, 0.6) is 0 Å². The molecule has 332 valence electrons. The zero-order valence-electron chi connectivity index (χ0n) is 33.7. The van der Waals surface area contributed by atoms with Gasteiger partial charge in [0.15, 0.2) is 0 Å². The van der Waals surface area contributed by atoms with Gasteiger partial charge in [-0.3, -0.25) is 0 Å². The molecule has 0 saturated carbocycles. The molecule has 0 spiro atoms. The Bertz CT molecular complexity index is 3410. The molecule has 8 rings (SSSR count). The van der Waals surface area contributed by atoms with Crippen molar-refractivity contribution in [2.24, 2.45) is 0 Å². The molecule has 0 radical (unpaired) electrons. The van der Waals surface area contributed by atoms with Crippen molar-refractivity contribution >= 4 is 66.5 Å². The number of nitrogens with zero attached hydrogens (tertiary/aromatic N) is 6. The van der Waals surface area contributed by atoms with Gasteiger partial charge in [0.05, 0.1) is 62.2 Å². The van der Waals surface area contributed by atoms with Crippen molar-refractivity contribution in [1.82, 2.24) is 29.0 Å². The van der Waals surface area contributed by atoms with Gasteiger partial charge >= 0.3 is 0 Å². The first-order chi connectivity index (χ1) is 31.6. The minimum Gasteiger partial charge on any atom is -0.230 e. The first kappa shape index (κ1) is 47.5. The predicted octanol–water partition coefficient (Wildman–Crippen LogP) is 10.7. The van der Waals surface area contributed by atoms with E-state index < -0.39 is 36.6 Å². The van der Waals surface area contributed by atoms with Crippen molar-refractivity contribution in [1.29, 1.82) is 10.5 Å². The molecule has 0 amide bonds. The molecule has 20 heteroatoms. The minimum atomic E-state index is -4.19. The number of halogens is 6. The van der Waals surface area contributed by atoms with Gasteiger partial charge in [-0.15, -0.1) is 0 Å². The Morgan fingerprint density at radius 2 is 0.985 bits per heavy atom. The Labute approximate surface area is 397 Å². The molecule has 0 aliphatic carbocycles. The SMILES string of the molecule is N#Cc1c(CNS(=O)(=O)c2cccc(F)c2)nn(-c2ccccc2Cl)c1-c1ccc(Cl)cc1.N#Cc1c(CNS(=O)(=O)c2ccccc2F)nn(-c2ccccc2Cl)c1-c1ccc(Cl)cc1. The summed E-state index contributed by atoms with van der Waals surface area (Å²) in [4.78, 5) is -0.726. The Morgan fingerprint density at radius 3 is 1.42 bits per heavy atom. The van der Waals surface area contributed by atoms with Crippen molar-refractivity contribution in [3.63, 3.8) is 0 Å². The third-order valence-electron chi connectivity index (χ3n) is 9.63. The fourth-order valence-electron chi connectivity index (χ4n) is 6.54. The second kappa shape index (κ2) is 20.4. The highest BCUT2D eigenvalue weighted by molar-refractivity contribution is 7.89. The molecule has 0 aliphatic rings. The van der Waals surface area contributed by atoms with Crippen LogP contribution in [0.25, 0.3) is 33.9 Å². The third-order valence-corrected chi connectivity index (χ3v) is 13.6. The fraction of sp³-hybridized carbons (Fsp3) is 0.0435. The first-order valence-corrected chi connectivity index (χ1v) is 23.6. The van der Waals surface area contributed by atoms with E-state index in [2.05, 4.69) is 31.8 Å². The van der Waals surface area contributed by atoms with Gasteiger partial charge in [-0.1, -0.05) is 113 Å². The van der Waals surface area contributed by atoms with Gasteiger partial charge in [0.2, 0.25) is 20.0 Å². The van der Waals surface area contributed by atoms with E-state index in [-0.39, 0.29) is 40.5 Å². The summed E-state index contributed by atoms with van der Waals surface area (Å²) < 4.78 is 85.8. The van der Waals surface area contributed by atoms with Crippen LogP contribution in [0.3, 0.4) is 0 Å². The smallest absolute Gasteiger partial charge is 0.230 e. The minimum absolute atomic E-state index is 0.147. The second-order valence-corrected chi connectivity index (χ2v) is 19.0. The summed E-state index contributed by atoms with van der Waals surface area (Å²) in [6.07, 6.45) is 0. The quantitative estimate of drug-likeness (QED) is 0.122. The second-order valence-electron chi connectivity index (χ2n) is 13.8. The molecular weight excluding hydrogens is 972 g/mol. The fourth-order valence-corrected chi connectivity index (χ4v) is 9.31. The summed E-state index contributed by atoms with van der Waals surface area (Å²) in [5.74, 6) is -1.56. The van der Waals surface area contributed by atoms with Gasteiger partial charge < -0.3 is 0 Å². The van der Waals surface area contributed by atoms with Crippen LogP contribution >= 0.6 is 46.4 Å². The number of nitrogens with one attached hydrogen (secondary N) is 2. The van der Waals surface area contributed by atoms with Crippen LogP contribution in [0.4, 0.5) is 8.78 Å². The highest BCUT2D eigenvalue weighted by atomic mass is 35.5. The van der Waals surface area contributed by atoms with E-state index in [1.807, 2.05) is 0 Å². The topological polar surface area (TPSA) is 176 Å². The first-order valence-electron chi connectivity index (χ1n) is 19.2. The molecule has 0 atom stereocenters. The van der Waals surface area contributed by atoms with Gasteiger partial charge in [0.1, 0.15) is 39.8 Å². The highest BCUT2D eigenvalue weighted by Crippen LogP contribution is 2.34. The van der Waals surface area contributed by atoms with E-state index >= 15 is 0 Å². The van der Waals surface area contributed by atoms with E-state index in [0.29, 0.717) is 54.0 Å². The van der Waals surface area contributed by atoms with Crippen LogP contribution in [-0.4, -0.2) is 36.4 Å². The summed E-state index contributed by atoms with van der Waals surface area (Å²) in [5.41, 5.74) is 3.79. The Kier molecular flexibility index (Phi) is 14.7. The van der Waals surface area contributed by atoms with E-state index in [9.17, 15) is 36.1 Å². The lowest BCUT2D eigenvalue weighted by Gasteiger charge is -2.09. The number of para-hydroxylation sites is 2. The summed E-state index contributed by atoms with van der Waals surface area (Å²) >= 11 is 24.8. The average molecular weight is 1000 g/mol. The zero-order valence-corrected chi connectivity index (χ0v) is 38.3. The lowest BCUT2D eigenvalue weighted by atomic mass is 10.1. The molecule has 2 heterocycles. The number of hydrogen-bond acceptors (Lipinski definition) is 8. The average Bonchev–Trinajstić information content (AvgIpc) is 3.87. The normalized spacial score (nSPS) is 11.3. The van der Waals surface area contributed by atoms with Crippen molar-refractivity contribution < 1.29 is 25.6 Å². The number of hydrogen-bond donors (Lipinski definition) is 2. The van der Waals surface area contributed by atoms with Gasteiger partial charge in [0, 0.05) is 21.2 Å². The molecule has 0 aliphatic heterocycles. The maximum atomic E-state index is 14.0. The Hall–Kier alpha value is -6.44. The van der Waals surface area contributed by atoms with E-state index in [4.69, 9.17) is 46.4 Å². The van der Waals surface area contributed by atoms with Crippen molar-refractivity contribution in [2.45, 2.75) is 22.9 Å². The lowest BCUT2D eigenvalue weighted by Crippen LogP contribution is -2.24. The van der Waals surface area contributed by atoms with Crippen LogP contribution in [-0.2, 0) is 33.1 Å². The molecule has 0 unspecified atom stereocenters. The molecule has 0 bridgehead atoms. The third kappa shape index (κ3) is 10.5. The Morgan fingerprint density at radius 1 is 0.545 bits per heavy atom. The molecule has 8 aromatic rings. The molecule has 12 nitrogen and oxygen atoms in total. The Balaban J connectivity index is 0.000000196. The summed E-state index contributed by atoms with van der Waals surface area (Å²) in [6.45, 7) is -0.628. The van der Waals surface area contributed by atoms with Crippen LogP contribution < -0.4 is 9.44 Å². The molecule has 2 N–H and O–H groups in total. The van der Waals surface area contributed by atoms with Crippen LogP contribution in [0.2, 0.25) is 20.1 Å². The predicted molar refractivity (Wildman–Crippen MR) is 248 cm³/mol. The molecule has 6 aromatic carbocycles. The monoisotopic (exact) mass is 1000 g/mol. The van der Waals surface area contributed by atoms with Crippen molar-refractivity contribution in [3.8, 4) is 46.0 Å². The van der Waals surface area contributed by atoms with Gasteiger partial charge in [0.25, 0.3) is 0 Å². The lowest BCUT2D eigenvalue weighted by molar-refractivity contribution is 0.556. The van der Waals surface area contributed by atoms with Crippen LogP contribution in [0.1, 0.15) is 22.5 Å². The number of rotatable bonds is 12. The van der Waals surface area contributed by atoms with Crippen LogP contribution in [0.15, 0.2) is 155 Å². The van der Waals surface area contributed by atoms with E-state index in [0.717, 1.165) is 24.3 Å². The zero-order chi connectivity index (χ0) is 47.2. The summed E-state index contributed by atoms with van der Waals surface area (Å²) in [5, 5.41) is 30.7. The number of benzene rings is 6. The molecular formula is C46H30Cl4F2N8O4S2. The van der Waals surface area contributed by atoms with Crippen LogP contribution in [0, 0.1) is 34.3 Å². The maximum absolute atomic E-state index is 14.0. The van der Waals surface area contributed by atoms with Crippen molar-refractivity contribution in [2.75, 3.05) is 0 Å². The van der Waals surface area contributed by atoms with Gasteiger partial charge in [-0.2, -0.15) is 20.7 Å². The molecule has 2 aromatic heterocycles. The van der Waals surface area contributed by atoms with E-state index in [1.165, 1.54) is 33.6 Å². The summed E-state index contributed by atoms with van der Waals surface area (Å²) in [6, 6.07) is 41.4. The molecule has 0 saturated heterocycles. The largest absolute Gasteiger partial charge is 0.243 e. The maximum Gasteiger partial charge on any atom is 0.243 e. The molecule has 0 fully saturated rings.